The van der Waals surface area contributed by atoms with E-state index in [1.807, 2.05) is 11.8 Å². The molecule has 1 amide bonds. The largest absolute Gasteiger partial charge is 0.342 e. The van der Waals surface area contributed by atoms with Crippen LogP contribution in [0.2, 0.25) is 0 Å². The molecule has 1 aromatic heterocycles. The number of likely N-dealkylation sites (tertiary alicyclic amines) is 1. The van der Waals surface area contributed by atoms with Gasteiger partial charge in [0.25, 0.3) is 0 Å². The SMILES string of the molecule is CC(Sc1nnc(Nc2ccc(F)cc2)s1)C(=O)N1CCCCCC1. The minimum atomic E-state index is -0.278. The highest BCUT2D eigenvalue weighted by Crippen LogP contribution is 2.31. The number of amides is 1. The summed E-state index contributed by atoms with van der Waals surface area (Å²) in [5.74, 6) is -0.102. The zero-order chi connectivity index (χ0) is 17.6. The number of rotatable bonds is 5. The predicted octanol–water partition coefficient (Wildman–Crippen LogP) is 4.30. The molecule has 2 aromatic rings. The Balaban J connectivity index is 1.56. The molecule has 1 aromatic carbocycles. The summed E-state index contributed by atoms with van der Waals surface area (Å²) in [7, 11) is 0. The Labute approximate surface area is 155 Å². The van der Waals surface area contributed by atoms with Crippen LogP contribution in [-0.2, 0) is 4.79 Å². The summed E-state index contributed by atoms with van der Waals surface area (Å²) >= 11 is 2.83. The van der Waals surface area contributed by atoms with Crippen molar-refractivity contribution >= 4 is 39.8 Å². The van der Waals surface area contributed by atoms with Gasteiger partial charge in [-0.1, -0.05) is 35.9 Å². The van der Waals surface area contributed by atoms with E-state index in [4.69, 9.17) is 0 Å². The summed E-state index contributed by atoms with van der Waals surface area (Å²) in [6, 6.07) is 6.08. The first-order chi connectivity index (χ1) is 12.1. The highest BCUT2D eigenvalue weighted by molar-refractivity contribution is 8.02. The highest BCUT2D eigenvalue weighted by Gasteiger charge is 2.23. The lowest BCUT2D eigenvalue weighted by Gasteiger charge is -2.23. The fraction of sp³-hybridized carbons (Fsp3) is 0.471. The average molecular weight is 381 g/mol. The summed E-state index contributed by atoms with van der Waals surface area (Å²) in [5.41, 5.74) is 0.753. The Morgan fingerprint density at radius 3 is 2.56 bits per heavy atom. The average Bonchev–Trinajstić information content (AvgIpc) is 2.87. The van der Waals surface area contributed by atoms with Gasteiger partial charge >= 0.3 is 0 Å². The van der Waals surface area contributed by atoms with E-state index in [0.717, 1.165) is 36.0 Å². The predicted molar refractivity (Wildman–Crippen MR) is 100.0 cm³/mol. The monoisotopic (exact) mass is 380 g/mol. The van der Waals surface area contributed by atoms with Gasteiger partial charge in [-0.15, -0.1) is 10.2 Å². The van der Waals surface area contributed by atoms with Crippen molar-refractivity contribution in [3.8, 4) is 0 Å². The molecule has 8 heteroatoms. The summed E-state index contributed by atoms with van der Waals surface area (Å²) in [6.45, 7) is 3.64. The molecular weight excluding hydrogens is 359 g/mol. The lowest BCUT2D eigenvalue weighted by atomic mass is 10.2. The molecule has 1 N–H and O–H groups in total. The molecule has 25 heavy (non-hydrogen) atoms. The second-order valence-corrected chi connectivity index (χ2v) is 8.57. The molecule has 1 fully saturated rings. The molecule has 1 aliphatic heterocycles. The van der Waals surface area contributed by atoms with Gasteiger partial charge in [0.2, 0.25) is 11.0 Å². The van der Waals surface area contributed by atoms with Crippen LogP contribution in [0.5, 0.6) is 0 Å². The number of hydrogen-bond donors (Lipinski definition) is 1. The van der Waals surface area contributed by atoms with E-state index in [9.17, 15) is 9.18 Å². The number of carbonyl (C=O) groups is 1. The van der Waals surface area contributed by atoms with E-state index in [1.165, 1.54) is 48.1 Å². The van der Waals surface area contributed by atoms with E-state index in [-0.39, 0.29) is 17.0 Å². The molecule has 0 radical (unpaired) electrons. The van der Waals surface area contributed by atoms with Crippen LogP contribution in [0.3, 0.4) is 0 Å². The third-order valence-corrected chi connectivity index (χ3v) is 6.06. The number of anilines is 2. The van der Waals surface area contributed by atoms with Crippen molar-refractivity contribution in [2.75, 3.05) is 18.4 Å². The topological polar surface area (TPSA) is 58.1 Å². The molecule has 0 saturated carbocycles. The van der Waals surface area contributed by atoms with Crippen LogP contribution in [0.1, 0.15) is 32.6 Å². The summed E-state index contributed by atoms with van der Waals surface area (Å²) < 4.78 is 13.7. The number of thioether (sulfide) groups is 1. The first kappa shape index (κ1) is 18.1. The fourth-order valence-corrected chi connectivity index (χ4v) is 4.71. The number of aromatic nitrogens is 2. The van der Waals surface area contributed by atoms with E-state index in [2.05, 4.69) is 15.5 Å². The van der Waals surface area contributed by atoms with Crippen molar-refractivity contribution in [3.63, 3.8) is 0 Å². The lowest BCUT2D eigenvalue weighted by molar-refractivity contribution is -0.130. The Kier molecular flexibility index (Phi) is 6.25. The van der Waals surface area contributed by atoms with Crippen molar-refractivity contribution in [2.45, 2.75) is 42.2 Å². The molecule has 2 heterocycles. The van der Waals surface area contributed by atoms with Crippen molar-refractivity contribution in [1.29, 1.82) is 0 Å². The summed E-state index contributed by atoms with van der Waals surface area (Å²) in [5, 5.41) is 11.8. The molecular formula is C17H21FN4OS2. The molecule has 1 aliphatic rings. The van der Waals surface area contributed by atoms with Gasteiger partial charge < -0.3 is 10.2 Å². The fourth-order valence-electron chi connectivity index (χ4n) is 2.71. The standard InChI is InChI=1S/C17H21FN4OS2/c1-12(15(23)22-10-4-2-3-5-11-22)24-17-21-20-16(25-17)19-14-8-6-13(18)7-9-14/h6-9,12H,2-5,10-11H2,1H3,(H,19,20). The third kappa shape index (κ3) is 5.15. The van der Waals surface area contributed by atoms with E-state index < -0.39 is 0 Å². The van der Waals surface area contributed by atoms with Crippen molar-refractivity contribution < 1.29 is 9.18 Å². The second-order valence-electron chi connectivity index (χ2n) is 6.00. The Morgan fingerprint density at radius 1 is 1.20 bits per heavy atom. The van der Waals surface area contributed by atoms with E-state index >= 15 is 0 Å². The minimum absolute atomic E-state index is 0.176. The zero-order valence-electron chi connectivity index (χ0n) is 14.1. The van der Waals surface area contributed by atoms with Crippen LogP contribution < -0.4 is 5.32 Å². The third-order valence-electron chi connectivity index (χ3n) is 4.05. The van der Waals surface area contributed by atoms with Crippen molar-refractivity contribution in [2.24, 2.45) is 0 Å². The van der Waals surface area contributed by atoms with Crippen LogP contribution >= 0.6 is 23.1 Å². The molecule has 1 atom stereocenters. The van der Waals surface area contributed by atoms with Crippen LogP contribution in [0.15, 0.2) is 28.6 Å². The van der Waals surface area contributed by atoms with Gasteiger partial charge in [-0.25, -0.2) is 4.39 Å². The molecule has 0 aliphatic carbocycles. The van der Waals surface area contributed by atoms with Gasteiger partial charge in [-0.3, -0.25) is 4.79 Å². The smallest absolute Gasteiger partial charge is 0.235 e. The van der Waals surface area contributed by atoms with Crippen molar-refractivity contribution in [1.82, 2.24) is 15.1 Å². The molecule has 0 spiro atoms. The molecule has 1 saturated heterocycles. The van der Waals surface area contributed by atoms with E-state index in [1.54, 1.807) is 12.1 Å². The quantitative estimate of drug-likeness (QED) is 0.784. The normalized spacial score (nSPS) is 16.3. The molecule has 5 nitrogen and oxygen atoms in total. The van der Waals surface area contributed by atoms with Crippen LogP contribution in [0.4, 0.5) is 15.2 Å². The number of hydrogen-bond acceptors (Lipinski definition) is 6. The first-order valence-corrected chi connectivity index (χ1v) is 10.1. The van der Waals surface area contributed by atoms with Gasteiger partial charge in [-0.05, 0) is 44.0 Å². The number of halogens is 1. The Hall–Kier alpha value is -1.67. The minimum Gasteiger partial charge on any atom is -0.342 e. The molecule has 1 unspecified atom stereocenters. The van der Waals surface area contributed by atoms with Crippen LogP contribution in [0.25, 0.3) is 0 Å². The Bertz CT molecular complexity index is 699. The molecule has 3 rings (SSSR count). The number of benzene rings is 1. The van der Waals surface area contributed by atoms with Crippen LogP contribution in [0, 0.1) is 5.82 Å². The molecule has 0 bridgehead atoms. The maximum atomic E-state index is 12.9. The van der Waals surface area contributed by atoms with Gasteiger partial charge in [0, 0.05) is 18.8 Å². The molecule has 134 valence electrons. The number of nitrogens with zero attached hydrogens (tertiary/aromatic N) is 3. The second kappa shape index (κ2) is 8.62. The summed E-state index contributed by atoms with van der Waals surface area (Å²) in [4.78, 5) is 14.6. The van der Waals surface area contributed by atoms with E-state index in [0.29, 0.717) is 5.13 Å². The summed E-state index contributed by atoms with van der Waals surface area (Å²) in [6.07, 6.45) is 4.60. The highest BCUT2D eigenvalue weighted by atomic mass is 32.2. The number of carbonyl (C=O) groups excluding carboxylic acids is 1. The lowest BCUT2D eigenvalue weighted by Crippen LogP contribution is -2.37. The van der Waals surface area contributed by atoms with Crippen LogP contribution in [-0.4, -0.2) is 39.3 Å². The maximum Gasteiger partial charge on any atom is 0.235 e. The Morgan fingerprint density at radius 2 is 1.88 bits per heavy atom. The van der Waals surface area contributed by atoms with Crippen molar-refractivity contribution in [3.05, 3.63) is 30.1 Å². The van der Waals surface area contributed by atoms with Gasteiger partial charge in [0.1, 0.15) is 5.82 Å². The maximum absolute atomic E-state index is 12.9. The number of nitrogens with one attached hydrogen (secondary N) is 1. The van der Waals surface area contributed by atoms with Gasteiger partial charge in [0.05, 0.1) is 5.25 Å². The van der Waals surface area contributed by atoms with Gasteiger partial charge in [0.15, 0.2) is 4.34 Å². The first-order valence-electron chi connectivity index (χ1n) is 8.43. The zero-order valence-corrected chi connectivity index (χ0v) is 15.7. The van der Waals surface area contributed by atoms with Gasteiger partial charge in [-0.2, -0.15) is 0 Å².